The van der Waals surface area contributed by atoms with Crippen LogP contribution >= 0.6 is 15.9 Å². The zero-order valence-electron chi connectivity index (χ0n) is 11.4. The molecule has 3 nitrogen and oxygen atoms in total. The number of nitrogens with zero attached hydrogens (tertiary/aromatic N) is 1. The molecule has 0 radical (unpaired) electrons. The predicted molar refractivity (Wildman–Crippen MR) is 83.8 cm³/mol. The van der Waals surface area contributed by atoms with Gasteiger partial charge >= 0.3 is 0 Å². The SMILES string of the molecule is COc1cccc(NC(C#N)c2ccc(C)c(Br)c2)c1. The van der Waals surface area contributed by atoms with Crippen LogP contribution in [0.3, 0.4) is 0 Å². The fraction of sp³-hybridized carbons (Fsp3) is 0.188. The first-order valence-corrected chi connectivity index (χ1v) is 6.99. The van der Waals surface area contributed by atoms with E-state index in [4.69, 9.17) is 4.74 Å². The van der Waals surface area contributed by atoms with Gasteiger partial charge in [-0.2, -0.15) is 5.26 Å². The highest BCUT2D eigenvalue weighted by molar-refractivity contribution is 9.10. The van der Waals surface area contributed by atoms with Gasteiger partial charge in [0.15, 0.2) is 0 Å². The van der Waals surface area contributed by atoms with E-state index < -0.39 is 6.04 Å². The number of benzene rings is 2. The standard InChI is InChI=1S/C16H15BrN2O/c1-11-6-7-12(8-15(11)17)16(10-18)19-13-4-3-5-14(9-13)20-2/h3-9,16,19H,1-2H3. The molecule has 0 bridgehead atoms. The summed E-state index contributed by atoms with van der Waals surface area (Å²) in [5, 5.41) is 12.6. The van der Waals surface area contributed by atoms with Crippen molar-refractivity contribution in [2.75, 3.05) is 12.4 Å². The van der Waals surface area contributed by atoms with Crippen LogP contribution in [0.15, 0.2) is 46.9 Å². The van der Waals surface area contributed by atoms with Crippen LogP contribution in [0.4, 0.5) is 5.69 Å². The molecule has 1 atom stereocenters. The van der Waals surface area contributed by atoms with Crippen LogP contribution in [-0.2, 0) is 0 Å². The molecular weight excluding hydrogens is 316 g/mol. The Balaban J connectivity index is 2.24. The Hall–Kier alpha value is -1.99. The Labute approximate surface area is 127 Å². The monoisotopic (exact) mass is 330 g/mol. The van der Waals surface area contributed by atoms with Crippen LogP contribution in [0.25, 0.3) is 0 Å². The Morgan fingerprint density at radius 3 is 2.70 bits per heavy atom. The zero-order chi connectivity index (χ0) is 14.5. The molecule has 2 aromatic rings. The summed E-state index contributed by atoms with van der Waals surface area (Å²) in [7, 11) is 1.62. The van der Waals surface area contributed by atoms with E-state index in [0.717, 1.165) is 27.0 Å². The molecule has 0 saturated heterocycles. The van der Waals surface area contributed by atoms with Gasteiger partial charge in [-0.3, -0.25) is 0 Å². The fourth-order valence-electron chi connectivity index (χ4n) is 1.86. The lowest BCUT2D eigenvalue weighted by molar-refractivity contribution is 0.415. The van der Waals surface area contributed by atoms with Gasteiger partial charge in [-0.1, -0.05) is 34.1 Å². The Kier molecular flexibility index (Phi) is 4.65. The predicted octanol–water partition coefficient (Wildman–Crippen LogP) is 4.44. The van der Waals surface area contributed by atoms with Gasteiger partial charge in [-0.15, -0.1) is 0 Å². The molecular formula is C16H15BrN2O. The second-order valence-corrected chi connectivity index (χ2v) is 5.30. The summed E-state index contributed by atoms with van der Waals surface area (Å²) in [6.07, 6.45) is 0. The highest BCUT2D eigenvalue weighted by Gasteiger charge is 2.11. The third kappa shape index (κ3) is 3.31. The van der Waals surface area contributed by atoms with Crippen LogP contribution < -0.4 is 10.1 Å². The molecule has 0 aliphatic carbocycles. The molecule has 0 fully saturated rings. The molecule has 2 aromatic carbocycles. The molecule has 0 saturated carbocycles. The van der Waals surface area contributed by atoms with Crippen LogP contribution in [0.2, 0.25) is 0 Å². The minimum absolute atomic E-state index is 0.404. The maximum Gasteiger partial charge on any atom is 0.140 e. The van der Waals surface area contributed by atoms with Gasteiger partial charge in [0.2, 0.25) is 0 Å². The first-order valence-electron chi connectivity index (χ1n) is 6.20. The summed E-state index contributed by atoms with van der Waals surface area (Å²) in [6.45, 7) is 2.02. The first-order chi connectivity index (χ1) is 9.63. The van der Waals surface area contributed by atoms with Crippen LogP contribution in [0, 0.1) is 18.3 Å². The third-order valence-electron chi connectivity index (χ3n) is 3.04. The van der Waals surface area contributed by atoms with Gasteiger partial charge < -0.3 is 10.1 Å². The van der Waals surface area contributed by atoms with Gasteiger partial charge in [0.05, 0.1) is 13.2 Å². The summed E-state index contributed by atoms with van der Waals surface area (Å²) in [4.78, 5) is 0. The minimum Gasteiger partial charge on any atom is -0.497 e. The average Bonchev–Trinajstić information content (AvgIpc) is 2.48. The van der Waals surface area contributed by atoms with Gasteiger partial charge in [0.1, 0.15) is 11.8 Å². The van der Waals surface area contributed by atoms with E-state index in [1.807, 2.05) is 49.4 Å². The highest BCUT2D eigenvalue weighted by atomic mass is 79.9. The van der Waals surface area contributed by atoms with Crippen molar-refractivity contribution in [1.82, 2.24) is 0 Å². The second kappa shape index (κ2) is 6.44. The maximum atomic E-state index is 9.37. The molecule has 0 heterocycles. The van der Waals surface area contributed by atoms with E-state index in [1.54, 1.807) is 7.11 Å². The van der Waals surface area contributed by atoms with Crippen molar-refractivity contribution >= 4 is 21.6 Å². The summed E-state index contributed by atoms with van der Waals surface area (Å²) in [5.74, 6) is 0.761. The molecule has 20 heavy (non-hydrogen) atoms. The topological polar surface area (TPSA) is 45.0 Å². The van der Waals surface area contributed by atoms with E-state index >= 15 is 0 Å². The Morgan fingerprint density at radius 1 is 1.25 bits per heavy atom. The van der Waals surface area contributed by atoms with Gasteiger partial charge in [0.25, 0.3) is 0 Å². The number of rotatable bonds is 4. The number of methoxy groups -OCH3 is 1. The largest absolute Gasteiger partial charge is 0.497 e. The van der Waals surface area contributed by atoms with Crippen LogP contribution in [-0.4, -0.2) is 7.11 Å². The molecule has 2 rings (SSSR count). The van der Waals surface area contributed by atoms with Crippen molar-refractivity contribution in [1.29, 1.82) is 5.26 Å². The lowest BCUT2D eigenvalue weighted by Gasteiger charge is -2.15. The molecule has 1 N–H and O–H groups in total. The molecule has 0 spiro atoms. The van der Waals surface area contributed by atoms with Crippen molar-refractivity contribution in [3.05, 3.63) is 58.1 Å². The number of hydrogen-bond donors (Lipinski definition) is 1. The molecule has 4 heteroatoms. The normalized spacial score (nSPS) is 11.5. The molecule has 0 amide bonds. The van der Waals surface area contributed by atoms with Crippen molar-refractivity contribution in [2.24, 2.45) is 0 Å². The summed E-state index contributed by atoms with van der Waals surface area (Å²) in [6, 6.07) is 15.3. The fourth-order valence-corrected chi connectivity index (χ4v) is 2.25. The van der Waals surface area contributed by atoms with E-state index in [9.17, 15) is 5.26 Å². The quantitative estimate of drug-likeness (QED) is 0.901. The van der Waals surface area contributed by atoms with E-state index in [-0.39, 0.29) is 0 Å². The number of nitrogens with one attached hydrogen (secondary N) is 1. The van der Waals surface area contributed by atoms with E-state index in [1.165, 1.54) is 0 Å². The Morgan fingerprint density at radius 2 is 2.05 bits per heavy atom. The number of hydrogen-bond acceptors (Lipinski definition) is 3. The third-order valence-corrected chi connectivity index (χ3v) is 3.89. The minimum atomic E-state index is -0.404. The van der Waals surface area contributed by atoms with E-state index in [2.05, 4.69) is 27.3 Å². The molecule has 0 aliphatic heterocycles. The number of halogens is 1. The smallest absolute Gasteiger partial charge is 0.140 e. The summed E-state index contributed by atoms with van der Waals surface area (Å²) < 4.78 is 6.18. The van der Waals surface area contributed by atoms with Crippen molar-refractivity contribution in [3.8, 4) is 11.8 Å². The summed E-state index contributed by atoms with van der Waals surface area (Å²) >= 11 is 3.49. The van der Waals surface area contributed by atoms with Crippen LogP contribution in [0.5, 0.6) is 5.75 Å². The lowest BCUT2D eigenvalue weighted by atomic mass is 10.1. The molecule has 102 valence electrons. The Bertz CT molecular complexity index is 649. The number of aryl methyl sites for hydroxylation is 1. The summed E-state index contributed by atoms with van der Waals surface area (Å²) in [5.41, 5.74) is 2.92. The zero-order valence-corrected chi connectivity index (χ0v) is 12.9. The van der Waals surface area contributed by atoms with Crippen molar-refractivity contribution < 1.29 is 4.74 Å². The maximum absolute atomic E-state index is 9.37. The van der Waals surface area contributed by atoms with Crippen molar-refractivity contribution in [3.63, 3.8) is 0 Å². The highest BCUT2D eigenvalue weighted by Crippen LogP contribution is 2.25. The molecule has 1 unspecified atom stereocenters. The van der Waals surface area contributed by atoms with Gasteiger partial charge in [0, 0.05) is 16.2 Å². The number of ether oxygens (including phenoxy) is 1. The first kappa shape index (κ1) is 14.4. The van der Waals surface area contributed by atoms with Gasteiger partial charge in [-0.25, -0.2) is 0 Å². The van der Waals surface area contributed by atoms with Crippen molar-refractivity contribution in [2.45, 2.75) is 13.0 Å². The number of anilines is 1. The molecule has 0 aliphatic rings. The van der Waals surface area contributed by atoms with Gasteiger partial charge in [-0.05, 0) is 36.2 Å². The van der Waals surface area contributed by atoms with Crippen LogP contribution in [0.1, 0.15) is 17.2 Å². The number of nitriles is 1. The lowest BCUT2D eigenvalue weighted by Crippen LogP contribution is -2.08. The average molecular weight is 331 g/mol. The molecule has 0 aromatic heterocycles. The van der Waals surface area contributed by atoms with E-state index in [0.29, 0.717) is 0 Å². The second-order valence-electron chi connectivity index (χ2n) is 4.45.